The number of hydrogen-bond acceptors (Lipinski definition) is 3. The minimum Gasteiger partial charge on any atom is -0.494 e. The van der Waals surface area contributed by atoms with Crippen LogP contribution in [0, 0.1) is 11.2 Å². The second-order valence-corrected chi connectivity index (χ2v) is 5.30. The van der Waals surface area contributed by atoms with Gasteiger partial charge in [0.1, 0.15) is 0 Å². The first kappa shape index (κ1) is 13.8. The highest BCUT2D eigenvalue weighted by molar-refractivity contribution is 5.74. The molecule has 0 amide bonds. The molecule has 0 radical (unpaired) electrons. The summed E-state index contributed by atoms with van der Waals surface area (Å²) >= 11 is 0. The van der Waals surface area contributed by atoms with Crippen molar-refractivity contribution < 1.29 is 19.0 Å². The van der Waals surface area contributed by atoms with E-state index in [4.69, 9.17) is 9.84 Å². The fourth-order valence-electron chi connectivity index (χ4n) is 2.43. The number of carboxylic acid groups (broad SMARTS) is 1. The standard InChI is InChI=1S/C14H18FNO3/c1-14(13(17)18)5-6-16(9-14)8-10-3-4-12(19-2)11(15)7-10/h3-4,7H,5-6,8-9H2,1-2H3,(H,17,18). The lowest BCUT2D eigenvalue weighted by atomic mass is 9.90. The van der Waals surface area contributed by atoms with Crippen molar-refractivity contribution in [2.45, 2.75) is 19.9 Å². The second-order valence-electron chi connectivity index (χ2n) is 5.30. The molecule has 1 aromatic rings. The third kappa shape index (κ3) is 2.87. The van der Waals surface area contributed by atoms with E-state index in [0.717, 1.165) is 12.1 Å². The molecular formula is C14H18FNO3. The van der Waals surface area contributed by atoms with Crippen LogP contribution >= 0.6 is 0 Å². The van der Waals surface area contributed by atoms with Crippen LogP contribution < -0.4 is 4.74 Å². The fraction of sp³-hybridized carbons (Fsp3) is 0.500. The van der Waals surface area contributed by atoms with Crippen LogP contribution in [0.4, 0.5) is 4.39 Å². The summed E-state index contributed by atoms with van der Waals surface area (Å²) in [4.78, 5) is 13.2. The van der Waals surface area contributed by atoms with Crippen molar-refractivity contribution >= 4 is 5.97 Å². The normalized spacial score (nSPS) is 23.5. The smallest absolute Gasteiger partial charge is 0.310 e. The van der Waals surface area contributed by atoms with Gasteiger partial charge >= 0.3 is 5.97 Å². The molecule has 2 rings (SSSR count). The molecule has 0 aliphatic carbocycles. The first-order valence-electron chi connectivity index (χ1n) is 6.23. The van der Waals surface area contributed by atoms with E-state index < -0.39 is 11.4 Å². The Morgan fingerprint density at radius 1 is 1.58 bits per heavy atom. The lowest BCUT2D eigenvalue weighted by molar-refractivity contribution is -0.147. The van der Waals surface area contributed by atoms with Crippen LogP contribution in [0.2, 0.25) is 0 Å². The van der Waals surface area contributed by atoms with Crippen molar-refractivity contribution in [1.29, 1.82) is 0 Å². The Hall–Kier alpha value is -1.62. The predicted molar refractivity (Wildman–Crippen MR) is 68.6 cm³/mol. The Labute approximate surface area is 111 Å². The van der Waals surface area contributed by atoms with Gasteiger partial charge < -0.3 is 9.84 Å². The number of ether oxygens (including phenoxy) is 1. The molecule has 1 unspecified atom stereocenters. The van der Waals surface area contributed by atoms with Gasteiger partial charge in [0, 0.05) is 13.1 Å². The maximum atomic E-state index is 13.6. The van der Waals surface area contributed by atoms with E-state index in [1.807, 2.05) is 4.90 Å². The topological polar surface area (TPSA) is 49.8 Å². The molecule has 0 spiro atoms. The van der Waals surface area contributed by atoms with Gasteiger partial charge in [-0.05, 0) is 37.6 Å². The van der Waals surface area contributed by atoms with Crippen molar-refractivity contribution in [3.8, 4) is 5.75 Å². The van der Waals surface area contributed by atoms with Crippen molar-refractivity contribution in [2.24, 2.45) is 5.41 Å². The third-order valence-corrected chi connectivity index (χ3v) is 3.69. The quantitative estimate of drug-likeness (QED) is 0.908. The van der Waals surface area contributed by atoms with Crippen molar-refractivity contribution in [2.75, 3.05) is 20.2 Å². The first-order valence-corrected chi connectivity index (χ1v) is 6.23. The number of nitrogens with zero attached hydrogens (tertiary/aromatic N) is 1. The molecule has 1 N–H and O–H groups in total. The SMILES string of the molecule is COc1ccc(CN2CCC(C)(C(=O)O)C2)cc1F. The van der Waals surface area contributed by atoms with E-state index in [0.29, 0.717) is 19.5 Å². The maximum absolute atomic E-state index is 13.6. The number of carbonyl (C=O) groups is 1. The van der Waals surface area contributed by atoms with E-state index in [-0.39, 0.29) is 11.6 Å². The van der Waals surface area contributed by atoms with Crippen molar-refractivity contribution in [3.05, 3.63) is 29.6 Å². The van der Waals surface area contributed by atoms with Gasteiger partial charge in [0.05, 0.1) is 12.5 Å². The Balaban J connectivity index is 2.03. The first-order chi connectivity index (χ1) is 8.94. The number of hydrogen-bond donors (Lipinski definition) is 1. The molecule has 1 saturated heterocycles. The number of likely N-dealkylation sites (tertiary alicyclic amines) is 1. The van der Waals surface area contributed by atoms with Crippen LogP contribution in [0.1, 0.15) is 18.9 Å². The summed E-state index contributed by atoms with van der Waals surface area (Å²) in [6.45, 7) is 3.53. The zero-order valence-electron chi connectivity index (χ0n) is 11.1. The number of aliphatic carboxylic acids is 1. The number of benzene rings is 1. The molecule has 0 saturated carbocycles. The average Bonchev–Trinajstić information content (AvgIpc) is 2.73. The number of halogens is 1. The molecule has 1 aliphatic heterocycles. The van der Waals surface area contributed by atoms with Gasteiger partial charge in [-0.25, -0.2) is 4.39 Å². The Morgan fingerprint density at radius 2 is 2.32 bits per heavy atom. The van der Waals surface area contributed by atoms with Crippen LogP contribution in [0.15, 0.2) is 18.2 Å². The summed E-state index contributed by atoms with van der Waals surface area (Å²) in [6.07, 6.45) is 0.626. The number of rotatable bonds is 4. The highest BCUT2D eigenvalue weighted by Gasteiger charge is 2.40. The van der Waals surface area contributed by atoms with E-state index >= 15 is 0 Å². The molecule has 0 bridgehead atoms. The lowest BCUT2D eigenvalue weighted by Gasteiger charge is -2.20. The molecule has 1 heterocycles. The Kier molecular flexibility index (Phi) is 3.75. The highest BCUT2D eigenvalue weighted by Crippen LogP contribution is 2.31. The zero-order chi connectivity index (χ0) is 14.0. The molecule has 104 valence electrons. The van der Waals surface area contributed by atoms with Crippen molar-refractivity contribution in [3.63, 3.8) is 0 Å². The molecule has 1 atom stereocenters. The Bertz CT molecular complexity index is 492. The minimum absolute atomic E-state index is 0.223. The van der Waals surface area contributed by atoms with Crippen LogP contribution in [-0.2, 0) is 11.3 Å². The predicted octanol–water partition coefficient (Wildman–Crippen LogP) is 2.13. The maximum Gasteiger partial charge on any atom is 0.310 e. The summed E-state index contributed by atoms with van der Waals surface area (Å²) in [7, 11) is 1.43. The lowest BCUT2D eigenvalue weighted by Crippen LogP contribution is -2.31. The van der Waals surface area contributed by atoms with Crippen LogP contribution in [0.25, 0.3) is 0 Å². The molecule has 1 fully saturated rings. The molecule has 5 heteroatoms. The highest BCUT2D eigenvalue weighted by atomic mass is 19.1. The zero-order valence-corrected chi connectivity index (χ0v) is 11.1. The van der Waals surface area contributed by atoms with Crippen molar-refractivity contribution in [1.82, 2.24) is 4.90 Å². The van der Waals surface area contributed by atoms with Gasteiger partial charge in [0.15, 0.2) is 11.6 Å². The van der Waals surface area contributed by atoms with E-state index in [9.17, 15) is 9.18 Å². The van der Waals surface area contributed by atoms with Gasteiger partial charge in [-0.2, -0.15) is 0 Å². The molecular weight excluding hydrogens is 249 g/mol. The molecule has 4 nitrogen and oxygen atoms in total. The van der Waals surface area contributed by atoms with Crippen LogP contribution in [-0.4, -0.2) is 36.2 Å². The summed E-state index contributed by atoms with van der Waals surface area (Å²) < 4.78 is 18.4. The summed E-state index contributed by atoms with van der Waals surface area (Å²) in [5, 5.41) is 9.17. The van der Waals surface area contributed by atoms with E-state index in [1.54, 1.807) is 19.1 Å². The fourth-order valence-corrected chi connectivity index (χ4v) is 2.43. The van der Waals surface area contributed by atoms with E-state index in [1.165, 1.54) is 13.2 Å². The summed E-state index contributed by atoms with van der Waals surface area (Å²) in [6, 6.07) is 4.84. The Morgan fingerprint density at radius 3 is 2.84 bits per heavy atom. The van der Waals surface area contributed by atoms with Gasteiger partial charge in [-0.15, -0.1) is 0 Å². The van der Waals surface area contributed by atoms with Crippen LogP contribution in [0.3, 0.4) is 0 Å². The van der Waals surface area contributed by atoms with Gasteiger partial charge in [0.25, 0.3) is 0 Å². The van der Waals surface area contributed by atoms with Gasteiger partial charge in [-0.1, -0.05) is 6.07 Å². The number of carboxylic acids is 1. The average molecular weight is 267 g/mol. The molecule has 1 aliphatic rings. The second kappa shape index (κ2) is 5.17. The van der Waals surface area contributed by atoms with Crippen LogP contribution in [0.5, 0.6) is 5.75 Å². The summed E-state index contributed by atoms with van der Waals surface area (Å²) in [5.74, 6) is -0.934. The van der Waals surface area contributed by atoms with Gasteiger partial charge in [0.2, 0.25) is 0 Å². The monoisotopic (exact) mass is 267 g/mol. The number of methoxy groups -OCH3 is 1. The molecule has 19 heavy (non-hydrogen) atoms. The third-order valence-electron chi connectivity index (χ3n) is 3.69. The molecule has 0 aromatic heterocycles. The van der Waals surface area contributed by atoms with Gasteiger partial charge in [-0.3, -0.25) is 9.69 Å². The largest absolute Gasteiger partial charge is 0.494 e. The summed E-state index contributed by atoms with van der Waals surface area (Å²) in [5.41, 5.74) is 0.137. The van der Waals surface area contributed by atoms with E-state index in [2.05, 4.69) is 0 Å². The molecule has 1 aromatic carbocycles. The minimum atomic E-state index is -0.768.